The van der Waals surface area contributed by atoms with Gasteiger partial charge in [0.25, 0.3) is 0 Å². The summed E-state index contributed by atoms with van der Waals surface area (Å²) < 4.78 is 5.53. The van der Waals surface area contributed by atoms with Crippen LogP contribution in [0.4, 0.5) is 11.9 Å². The molecule has 2 N–H and O–H groups in total. The fourth-order valence-corrected chi connectivity index (χ4v) is 2.98. The van der Waals surface area contributed by atoms with E-state index in [1.165, 1.54) is 19.3 Å². The van der Waals surface area contributed by atoms with Crippen LogP contribution in [0.3, 0.4) is 0 Å². The highest BCUT2D eigenvalue weighted by Gasteiger charge is 2.32. The minimum Gasteiger partial charge on any atom is -0.463 e. The van der Waals surface area contributed by atoms with Gasteiger partial charge in [0.2, 0.25) is 11.9 Å². The summed E-state index contributed by atoms with van der Waals surface area (Å²) in [6.07, 6.45) is 4.62. The predicted molar refractivity (Wildman–Crippen MR) is 84.7 cm³/mol. The Labute approximate surface area is 127 Å². The van der Waals surface area contributed by atoms with E-state index in [1.54, 1.807) is 7.05 Å². The van der Waals surface area contributed by atoms with Gasteiger partial charge in [0.05, 0.1) is 6.61 Å². The fourth-order valence-electron chi connectivity index (χ4n) is 2.98. The second kappa shape index (κ2) is 7.43. The molecule has 3 atom stereocenters. The summed E-state index contributed by atoms with van der Waals surface area (Å²) in [6.45, 7) is 7.25. The molecule has 0 amide bonds. The highest BCUT2D eigenvalue weighted by atomic mass is 16.5. The van der Waals surface area contributed by atoms with Gasteiger partial charge in [-0.2, -0.15) is 15.0 Å². The zero-order chi connectivity index (χ0) is 15.2. The summed E-state index contributed by atoms with van der Waals surface area (Å²) in [7, 11) is 1.80. The Hall–Kier alpha value is -1.59. The van der Waals surface area contributed by atoms with Gasteiger partial charge < -0.3 is 15.4 Å². The molecule has 1 aliphatic rings. The van der Waals surface area contributed by atoms with Gasteiger partial charge in [0.15, 0.2) is 0 Å². The lowest BCUT2D eigenvalue weighted by molar-refractivity contribution is 0.292. The summed E-state index contributed by atoms with van der Waals surface area (Å²) in [4.78, 5) is 13.0. The maximum absolute atomic E-state index is 5.53. The summed E-state index contributed by atoms with van der Waals surface area (Å²) in [5.74, 6) is 2.58. The molecule has 0 radical (unpaired) electrons. The van der Waals surface area contributed by atoms with Crippen molar-refractivity contribution in [3.05, 3.63) is 0 Å². The molecule has 0 aliphatic heterocycles. The maximum Gasteiger partial charge on any atom is 0.323 e. The quantitative estimate of drug-likeness (QED) is 0.805. The zero-order valence-electron chi connectivity index (χ0n) is 13.5. The molecular formula is C15H27N5O. The predicted octanol–water partition coefficient (Wildman–Crippen LogP) is 2.94. The van der Waals surface area contributed by atoms with Crippen molar-refractivity contribution in [3.63, 3.8) is 0 Å². The maximum atomic E-state index is 5.53. The molecule has 2 rings (SSSR count). The average Bonchev–Trinajstić information content (AvgIpc) is 2.85. The molecule has 118 valence electrons. The second-order valence-electron chi connectivity index (χ2n) is 5.72. The van der Waals surface area contributed by atoms with Crippen LogP contribution in [0.2, 0.25) is 0 Å². The van der Waals surface area contributed by atoms with Crippen molar-refractivity contribution in [2.45, 2.75) is 52.5 Å². The lowest BCUT2D eigenvalue weighted by Crippen LogP contribution is -2.26. The van der Waals surface area contributed by atoms with Crippen molar-refractivity contribution in [2.75, 3.05) is 24.3 Å². The first-order valence-electron chi connectivity index (χ1n) is 8.01. The summed E-state index contributed by atoms with van der Waals surface area (Å²) in [5, 5.41) is 6.42. The molecule has 1 heterocycles. The van der Waals surface area contributed by atoms with Crippen molar-refractivity contribution in [1.29, 1.82) is 0 Å². The van der Waals surface area contributed by atoms with Gasteiger partial charge in [-0.3, -0.25) is 0 Å². The van der Waals surface area contributed by atoms with Crippen molar-refractivity contribution < 1.29 is 4.74 Å². The molecule has 6 nitrogen and oxygen atoms in total. The van der Waals surface area contributed by atoms with E-state index in [9.17, 15) is 0 Å². The molecule has 3 unspecified atom stereocenters. The first-order valence-corrected chi connectivity index (χ1v) is 8.01. The third kappa shape index (κ3) is 3.95. The number of ether oxygens (including phenoxy) is 1. The Kier molecular flexibility index (Phi) is 5.59. The molecule has 0 spiro atoms. The number of anilines is 2. The van der Waals surface area contributed by atoms with Crippen molar-refractivity contribution in [2.24, 2.45) is 11.8 Å². The first-order chi connectivity index (χ1) is 10.2. The van der Waals surface area contributed by atoms with E-state index in [2.05, 4.69) is 46.4 Å². The van der Waals surface area contributed by atoms with E-state index in [0.29, 0.717) is 36.5 Å². The molecule has 1 aromatic heterocycles. The number of hydrogen-bond acceptors (Lipinski definition) is 6. The van der Waals surface area contributed by atoms with E-state index in [1.807, 2.05) is 0 Å². The van der Waals surface area contributed by atoms with Gasteiger partial charge in [-0.1, -0.05) is 27.2 Å². The molecule has 0 saturated heterocycles. The normalized spacial score (nSPS) is 24.9. The number of nitrogens with zero attached hydrogens (tertiary/aromatic N) is 3. The molecule has 6 heteroatoms. The SMILES string of the molecule is CCCOc1nc(NC)nc(NC2CCC(CC)C2C)n1. The highest BCUT2D eigenvalue weighted by Crippen LogP contribution is 2.35. The van der Waals surface area contributed by atoms with Crippen LogP contribution in [-0.4, -0.2) is 34.6 Å². The molecule has 1 saturated carbocycles. The van der Waals surface area contributed by atoms with Crippen LogP contribution in [0.15, 0.2) is 0 Å². The van der Waals surface area contributed by atoms with Gasteiger partial charge in [-0.05, 0) is 31.1 Å². The Bertz CT molecular complexity index is 454. The second-order valence-corrected chi connectivity index (χ2v) is 5.72. The Morgan fingerprint density at radius 2 is 1.90 bits per heavy atom. The molecule has 0 aromatic carbocycles. The summed E-state index contributed by atoms with van der Waals surface area (Å²) in [6, 6.07) is 0.817. The smallest absolute Gasteiger partial charge is 0.323 e. The van der Waals surface area contributed by atoms with Crippen LogP contribution in [0.25, 0.3) is 0 Å². The van der Waals surface area contributed by atoms with Gasteiger partial charge in [0, 0.05) is 13.1 Å². The van der Waals surface area contributed by atoms with Crippen LogP contribution in [0.1, 0.15) is 46.5 Å². The summed E-state index contributed by atoms with van der Waals surface area (Å²) >= 11 is 0. The van der Waals surface area contributed by atoms with Crippen LogP contribution in [0.5, 0.6) is 6.01 Å². The standard InChI is InChI=1S/C15H27N5O/c1-5-9-21-15-19-13(16-4)18-14(20-15)17-12-8-7-11(6-2)10(12)3/h10-12H,5-9H2,1-4H3,(H2,16,17,18,19,20). The van der Waals surface area contributed by atoms with E-state index >= 15 is 0 Å². The highest BCUT2D eigenvalue weighted by molar-refractivity contribution is 5.36. The molecule has 1 aliphatic carbocycles. The molecular weight excluding hydrogens is 266 g/mol. The lowest BCUT2D eigenvalue weighted by atomic mass is 9.94. The Balaban J connectivity index is 2.08. The third-order valence-corrected chi connectivity index (χ3v) is 4.34. The fraction of sp³-hybridized carbons (Fsp3) is 0.800. The van der Waals surface area contributed by atoms with E-state index in [-0.39, 0.29) is 0 Å². The number of hydrogen-bond donors (Lipinski definition) is 2. The zero-order valence-corrected chi connectivity index (χ0v) is 13.5. The van der Waals surface area contributed by atoms with Gasteiger partial charge >= 0.3 is 6.01 Å². The van der Waals surface area contributed by atoms with Crippen molar-refractivity contribution in [3.8, 4) is 6.01 Å². The van der Waals surface area contributed by atoms with Gasteiger partial charge in [0.1, 0.15) is 0 Å². The van der Waals surface area contributed by atoms with Crippen LogP contribution in [-0.2, 0) is 0 Å². The number of rotatable bonds is 7. The molecule has 0 bridgehead atoms. The monoisotopic (exact) mass is 293 g/mol. The largest absolute Gasteiger partial charge is 0.463 e. The van der Waals surface area contributed by atoms with Gasteiger partial charge in [-0.15, -0.1) is 0 Å². The Morgan fingerprint density at radius 3 is 2.52 bits per heavy atom. The molecule has 21 heavy (non-hydrogen) atoms. The molecule has 1 aromatic rings. The first kappa shape index (κ1) is 15.8. The molecule has 1 fully saturated rings. The van der Waals surface area contributed by atoms with E-state index in [0.717, 1.165) is 12.3 Å². The Morgan fingerprint density at radius 1 is 1.14 bits per heavy atom. The van der Waals surface area contributed by atoms with Crippen LogP contribution < -0.4 is 15.4 Å². The van der Waals surface area contributed by atoms with E-state index in [4.69, 9.17) is 4.74 Å². The number of nitrogens with one attached hydrogen (secondary N) is 2. The number of aromatic nitrogens is 3. The lowest BCUT2D eigenvalue weighted by Gasteiger charge is -2.21. The van der Waals surface area contributed by atoms with Crippen LogP contribution >= 0.6 is 0 Å². The minimum atomic E-state index is 0.386. The van der Waals surface area contributed by atoms with Gasteiger partial charge in [-0.25, -0.2) is 0 Å². The van der Waals surface area contributed by atoms with E-state index < -0.39 is 0 Å². The van der Waals surface area contributed by atoms with Crippen molar-refractivity contribution in [1.82, 2.24) is 15.0 Å². The topological polar surface area (TPSA) is 72.0 Å². The van der Waals surface area contributed by atoms with Crippen molar-refractivity contribution >= 4 is 11.9 Å². The van der Waals surface area contributed by atoms with Crippen LogP contribution in [0, 0.1) is 11.8 Å². The third-order valence-electron chi connectivity index (χ3n) is 4.34. The summed E-state index contributed by atoms with van der Waals surface area (Å²) in [5.41, 5.74) is 0. The minimum absolute atomic E-state index is 0.386. The average molecular weight is 293 g/mol.